The van der Waals surface area contributed by atoms with Gasteiger partial charge in [-0.3, -0.25) is 0 Å². The molecule has 0 spiro atoms. The molecule has 0 bridgehead atoms. The third-order valence-electron chi connectivity index (χ3n) is 4.15. The van der Waals surface area contributed by atoms with E-state index in [1.165, 1.54) is 32.1 Å². The molecule has 0 amide bonds. The number of phenolic OH excluding ortho intramolecular Hbond substituents is 1. The molecule has 2 nitrogen and oxygen atoms in total. The minimum Gasteiger partial charge on any atom is -0.508 e. The van der Waals surface area contributed by atoms with Gasteiger partial charge < -0.3 is 10.4 Å². The minimum atomic E-state index is 0.357. The fourth-order valence-electron chi connectivity index (χ4n) is 2.92. The summed E-state index contributed by atoms with van der Waals surface area (Å²) in [7, 11) is 0. The lowest BCUT2D eigenvalue weighted by Gasteiger charge is -2.27. The molecule has 1 aromatic carbocycles. The van der Waals surface area contributed by atoms with Gasteiger partial charge in [0.1, 0.15) is 5.75 Å². The molecule has 1 aliphatic carbocycles. The van der Waals surface area contributed by atoms with Crippen LogP contribution in [0.3, 0.4) is 0 Å². The van der Waals surface area contributed by atoms with Crippen LogP contribution in [0.15, 0.2) is 24.3 Å². The first-order valence-corrected chi connectivity index (χ1v) is 6.73. The van der Waals surface area contributed by atoms with E-state index in [0.717, 1.165) is 18.7 Å². The first-order valence-electron chi connectivity index (χ1n) is 6.73. The van der Waals surface area contributed by atoms with E-state index in [2.05, 4.69) is 18.3 Å². The first-order chi connectivity index (χ1) is 8.24. The Labute approximate surface area is 104 Å². The summed E-state index contributed by atoms with van der Waals surface area (Å²) >= 11 is 0. The Morgan fingerprint density at radius 1 is 1.29 bits per heavy atom. The maximum Gasteiger partial charge on any atom is 0.115 e. The molecule has 0 saturated heterocycles. The highest BCUT2D eigenvalue weighted by atomic mass is 16.3. The second kappa shape index (κ2) is 5.54. The number of benzene rings is 1. The summed E-state index contributed by atoms with van der Waals surface area (Å²) in [6.45, 7) is 4.27. The molecule has 2 heteroatoms. The summed E-state index contributed by atoms with van der Waals surface area (Å²) in [4.78, 5) is 0. The molecule has 94 valence electrons. The molecule has 17 heavy (non-hydrogen) atoms. The number of aromatic hydroxyl groups is 1. The average Bonchev–Trinajstić information content (AvgIpc) is 2.79. The van der Waals surface area contributed by atoms with E-state index in [-0.39, 0.29) is 0 Å². The van der Waals surface area contributed by atoms with Crippen molar-refractivity contribution in [1.29, 1.82) is 0 Å². The highest BCUT2D eigenvalue weighted by Crippen LogP contribution is 2.40. The van der Waals surface area contributed by atoms with Gasteiger partial charge in [0, 0.05) is 13.1 Å². The lowest BCUT2D eigenvalue weighted by atomic mass is 9.83. The highest BCUT2D eigenvalue weighted by molar-refractivity contribution is 5.26. The van der Waals surface area contributed by atoms with Crippen molar-refractivity contribution in [2.24, 2.45) is 5.41 Å². The van der Waals surface area contributed by atoms with Crippen molar-refractivity contribution < 1.29 is 5.11 Å². The Bertz CT molecular complexity index is 356. The molecule has 0 aliphatic heterocycles. The molecule has 0 heterocycles. The van der Waals surface area contributed by atoms with Gasteiger partial charge in [-0.1, -0.05) is 31.9 Å². The Balaban J connectivity index is 1.82. The second-order valence-electron chi connectivity index (χ2n) is 5.33. The van der Waals surface area contributed by atoms with Crippen molar-refractivity contribution in [3.05, 3.63) is 29.8 Å². The molecule has 1 aliphatic rings. The van der Waals surface area contributed by atoms with Gasteiger partial charge in [-0.05, 0) is 42.4 Å². The third kappa shape index (κ3) is 3.22. The fraction of sp³-hybridized carbons (Fsp3) is 0.600. The van der Waals surface area contributed by atoms with E-state index in [1.807, 2.05) is 12.1 Å². The largest absolute Gasteiger partial charge is 0.508 e. The Morgan fingerprint density at radius 3 is 2.71 bits per heavy atom. The molecule has 0 unspecified atom stereocenters. The van der Waals surface area contributed by atoms with Gasteiger partial charge in [-0.15, -0.1) is 0 Å². The zero-order valence-electron chi connectivity index (χ0n) is 10.7. The van der Waals surface area contributed by atoms with Gasteiger partial charge >= 0.3 is 0 Å². The van der Waals surface area contributed by atoms with E-state index in [9.17, 15) is 5.11 Å². The number of hydrogen-bond acceptors (Lipinski definition) is 2. The first kappa shape index (κ1) is 12.4. The van der Waals surface area contributed by atoms with Gasteiger partial charge in [-0.2, -0.15) is 0 Å². The van der Waals surface area contributed by atoms with Crippen LogP contribution < -0.4 is 5.32 Å². The fourth-order valence-corrected chi connectivity index (χ4v) is 2.92. The number of nitrogens with one attached hydrogen (secondary N) is 1. The SMILES string of the molecule is CCC1(CNCc2cccc(O)c2)CCCC1. The second-order valence-corrected chi connectivity index (χ2v) is 5.33. The van der Waals surface area contributed by atoms with E-state index >= 15 is 0 Å². The topological polar surface area (TPSA) is 32.3 Å². The smallest absolute Gasteiger partial charge is 0.115 e. The average molecular weight is 233 g/mol. The van der Waals surface area contributed by atoms with Crippen molar-refractivity contribution in [3.8, 4) is 5.75 Å². The zero-order valence-corrected chi connectivity index (χ0v) is 10.7. The van der Waals surface area contributed by atoms with Crippen molar-refractivity contribution in [1.82, 2.24) is 5.32 Å². The van der Waals surface area contributed by atoms with Crippen LogP contribution in [-0.2, 0) is 6.54 Å². The van der Waals surface area contributed by atoms with Crippen LogP contribution in [0.1, 0.15) is 44.6 Å². The molecular weight excluding hydrogens is 210 g/mol. The molecule has 2 rings (SSSR count). The molecular formula is C15H23NO. The Hall–Kier alpha value is -1.02. The summed E-state index contributed by atoms with van der Waals surface area (Å²) in [5, 5.41) is 12.9. The monoisotopic (exact) mass is 233 g/mol. The van der Waals surface area contributed by atoms with Gasteiger partial charge in [0.05, 0.1) is 0 Å². The summed E-state index contributed by atoms with van der Waals surface area (Å²) in [6, 6.07) is 7.51. The summed E-state index contributed by atoms with van der Waals surface area (Å²) in [5.74, 6) is 0.357. The van der Waals surface area contributed by atoms with E-state index in [1.54, 1.807) is 6.07 Å². The van der Waals surface area contributed by atoms with E-state index in [0.29, 0.717) is 11.2 Å². The molecule has 1 fully saturated rings. The Morgan fingerprint density at radius 2 is 2.06 bits per heavy atom. The maximum atomic E-state index is 9.39. The van der Waals surface area contributed by atoms with Gasteiger partial charge in [-0.25, -0.2) is 0 Å². The van der Waals surface area contributed by atoms with Crippen LogP contribution in [-0.4, -0.2) is 11.7 Å². The molecule has 1 aromatic rings. The van der Waals surface area contributed by atoms with Crippen molar-refractivity contribution in [2.45, 2.75) is 45.6 Å². The lowest BCUT2D eigenvalue weighted by Crippen LogP contribution is -2.31. The normalized spacial score (nSPS) is 18.4. The predicted molar refractivity (Wildman–Crippen MR) is 71.0 cm³/mol. The van der Waals surface area contributed by atoms with E-state index < -0.39 is 0 Å². The standard InChI is InChI=1S/C15H23NO/c1-2-15(8-3-4-9-15)12-16-11-13-6-5-7-14(17)10-13/h5-7,10,16-17H,2-4,8-9,11-12H2,1H3. The highest BCUT2D eigenvalue weighted by Gasteiger charge is 2.31. The summed E-state index contributed by atoms with van der Waals surface area (Å²) < 4.78 is 0. The number of phenols is 1. The minimum absolute atomic E-state index is 0.357. The predicted octanol–water partition coefficient (Wildman–Crippen LogP) is 3.45. The molecule has 0 atom stereocenters. The van der Waals surface area contributed by atoms with Crippen LogP contribution in [0.25, 0.3) is 0 Å². The molecule has 0 aromatic heterocycles. The third-order valence-corrected chi connectivity index (χ3v) is 4.15. The molecule has 0 radical (unpaired) electrons. The quantitative estimate of drug-likeness (QED) is 0.816. The zero-order chi connectivity index (χ0) is 12.1. The van der Waals surface area contributed by atoms with Crippen LogP contribution in [0, 0.1) is 5.41 Å². The van der Waals surface area contributed by atoms with Gasteiger partial charge in [0.15, 0.2) is 0 Å². The summed E-state index contributed by atoms with van der Waals surface area (Å²) in [5.41, 5.74) is 1.70. The molecule has 2 N–H and O–H groups in total. The van der Waals surface area contributed by atoms with Crippen molar-refractivity contribution in [2.75, 3.05) is 6.54 Å². The van der Waals surface area contributed by atoms with Crippen molar-refractivity contribution in [3.63, 3.8) is 0 Å². The maximum absolute atomic E-state index is 9.39. The Kier molecular flexibility index (Phi) is 4.06. The van der Waals surface area contributed by atoms with Gasteiger partial charge in [0.2, 0.25) is 0 Å². The van der Waals surface area contributed by atoms with Crippen LogP contribution >= 0.6 is 0 Å². The molecule has 1 saturated carbocycles. The van der Waals surface area contributed by atoms with E-state index in [4.69, 9.17) is 0 Å². The number of rotatable bonds is 5. The van der Waals surface area contributed by atoms with Crippen LogP contribution in [0.4, 0.5) is 0 Å². The number of hydrogen-bond donors (Lipinski definition) is 2. The lowest BCUT2D eigenvalue weighted by molar-refractivity contribution is 0.268. The van der Waals surface area contributed by atoms with Crippen LogP contribution in [0.2, 0.25) is 0 Å². The van der Waals surface area contributed by atoms with Crippen molar-refractivity contribution >= 4 is 0 Å². The van der Waals surface area contributed by atoms with Gasteiger partial charge in [0.25, 0.3) is 0 Å². The summed E-state index contributed by atoms with van der Waals surface area (Å²) in [6.07, 6.45) is 6.80. The van der Waals surface area contributed by atoms with Crippen LogP contribution in [0.5, 0.6) is 5.75 Å².